The Kier molecular flexibility index (Phi) is 16.9. The summed E-state index contributed by atoms with van der Waals surface area (Å²) in [7, 11) is 2.13. The van der Waals surface area contributed by atoms with Gasteiger partial charge in [0.15, 0.2) is 0 Å². The highest BCUT2D eigenvalue weighted by Crippen LogP contribution is 2.38. The van der Waals surface area contributed by atoms with E-state index in [1.807, 2.05) is 65.6 Å². The molecule has 0 N–H and O–H groups in total. The van der Waals surface area contributed by atoms with Crippen molar-refractivity contribution < 1.29 is 4.79 Å². The number of hydrogen-bond donors (Lipinski definition) is 0. The Morgan fingerprint density at radius 3 is 1.32 bits per heavy atom. The van der Waals surface area contributed by atoms with Crippen molar-refractivity contribution in [3.63, 3.8) is 0 Å². The largest absolute Gasteiger partial charge is 0.339 e. The molecule has 0 radical (unpaired) electrons. The Balaban J connectivity index is 0.000000172. The van der Waals surface area contributed by atoms with Crippen molar-refractivity contribution >= 4 is 5.91 Å². The fraction of sp³-hybridized carbons (Fsp3) is 0.462. The number of likely N-dealkylation sites (tertiary alicyclic amines) is 3. The molecule has 3 aliphatic heterocycles. The predicted octanol–water partition coefficient (Wildman–Crippen LogP) is 10.2. The van der Waals surface area contributed by atoms with Crippen LogP contribution in [0.25, 0.3) is 0 Å². The third-order valence-corrected chi connectivity index (χ3v) is 13.0. The van der Waals surface area contributed by atoms with E-state index in [1.54, 1.807) is 0 Å². The molecule has 0 atom stereocenters. The molecule has 0 unspecified atom stereocenters. The van der Waals surface area contributed by atoms with Crippen LogP contribution < -0.4 is 0 Å². The van der Waals surface area contributed by atoms with Gasteiger partial charge in [-0.1, -0.05) is 109 Å². The Labute approximate surface area is 354 Å². The summed E-state index contributed by atoms with van der Waals surface area (Å²) in [6, 6.07) is 48.9. The minimum absolute atomic E-state index is 0.0743. The molecular formula is C52H64N6O. The average Bonchev–Trinajstić information content (AvgIpc) is 3.30. The van der Waals surface area contributed by atoms with E-state index in [2.05, 4.69) is 110 Å². The first-order valence-electron chi connectivity index (χ1n) is 21.7. The fourth-order valence-electron chi connectivity index (χ4n) is 8.62. The number of nitriles is 3. The zero-order chi connectivity index (χ0) is 42.0. The van der Waals surface area contributed by atoms with Crippen LogP contribution in [0.1, 0.15) is 92.3 Å². The Bertz CT molecular complexity index is 1960. The van der Waals surface area contributed by atoms with Gasteiger partial charge < -0.3 is 14.7 Å². The van der Waals surface area contributed by atoms with E-state index in [0.29, 0.717) is 19.1 Å². The SMILES string of the molecule is CC(C)N1CCC(C#N)(CCc2ccccc2)CC1.CN1CCC(C#N)(Cc2ccccc2)CC1.N#CC1(CCc2ccccc2)CCN(C(=O)c2ccccc2)CC1. The highest BCUT2D eigenvalue weighted by molar-refractivity contribution is 5.94. The van der Waals surface area contributed by atoms with Crippen LogP contribution in [0, 0.1) is 50.2 Å². The van der Waals surface area contributed by atoms with Gasteiger partial charge in [-0.3, -0.25) is 4.79 Å². The summed E-state index contributed by atoms with van der Waals surface area (Å²) in [6.45, 7) is 10.0. The minimum atomic E-state index is -0.302. The second-order valence-electron chi connectivity index (χ2n) is 17.4. The normalized spacial score (nSPS) is 18.4. The number of rotatable bonds is 10. The molecule has 0 bridgehead atoms. The lowest BCUT2D eigenvalue weighted by Crippen LogP contribution is -2.43. The van der Waals surface area contributed by atoms with E-state index in [0.717, 1.165) is 102 Å². The third-order valence-electron chi connectivity index (χ3n) is 13.0. The zero-order valence-corrected chi connectivity index (χ0v) is 35.7. The van der Waals surface area contributed by atoms with Gasteiger partial charge in [0.2, 0.25) is 0 Å². The zero-order valence-electron chi connectivity index (χ0n) is 35.7. The van der Waals surface area contributed by atoms with Crippen LogP contribution in [0.2, 0.25) is 0 Å². The van der Waals surface area contributed by atoms with Crippen LogP contribution in [0.5, 0.6) is 0 Å². The van der Waals surface area contributed by atoms with Gasteiger partial charge in [-0.25, -0.2) is 0 Å². The second-order valence-corrected chi connectivity index (χ2v) is 17.4. The maximum Gasteiger partial charge on any atom is 0.253 e. The summed E-state index contributed by atoms with van der Waals surface area (Å²) in [4.78, 5) is 19.2. The molecule has 3 heterocycles. The number of carbonyl (C=O) groups is 1. The quantitative estimate of drug-likeness (QED) is 0.159. The fourth-order valence-corrected chi connectivity index (χ4v) is 8.62. The number of carbonyl (C=O) groups excluding carboxylic acids is 1. The molecule has 7 nitrogen and oxygen atoms in total. The Hall–Kier alpha value is -5.26. The summed E-state index contributed by atoms with van der Waals surface area (Å²) < 4.78 is 0. The molecule has 59 heavy (non-hydrogen) atoms. The number of benzene rings is 4. The summed E-state index contributed by atoms with van der Waals surface area (Å²) in [5.41, 5.74) is 4.11. The topological polar surface area (TPSA) is 98.2 Å². The first kappa shape index (κ1) is 44.8. The van der Waals surface area contributed by atoms with Gasteiger partial charge in [0.25, 0.3) is 5.91 Å². The predicted molar refractivity (Wildman–Crippen MR) is 238 cm³/mol. The molecule has 0 aromatic heterocycles. The number of hydrogen-bond acceptors (Lipinski definition) is 6. The van der Waals surface area contributed by atoms with Crippen molar-refractivity contribution in [2.45, 2.75) is 90.5 Å². The van der Waals surface area contributed by atoms with Crippen molar-refractivity contribution in [1.82, 2.24) is 14.7 Å². The molecule has 4 aromatic rings. The van der Waals surface area contributed by atoms with E-state index in [1.165, 1.54) is 16.7 Å². The standard InChI is InChI=1S/C21H22N2O.C17H24N2.C14H18N2/c22-17-21(12-11-18-7-3-1-4-8-18)13-15-23(16-14-21)20(24)19-9-5-2-6-10-19;1-15(2)19-12-10-17(14-18,11-13-19)9-8-16-6-4-3-5-7-16;1-16-9-7-14(12-15,8-10-16)11-13-5-3-2-4-6-13/h1-10H,11-16H2;3-7,15H,8-13H2,1-2H3;2-6H,7-11H2,1H3. The molecule has 0 saturated carbocycles. The molecule has 0 aliphatic carbocycles. The van der Waals surface area contributed by atoms with Gasteiger partial charge in [-0.05, 0) is 147 Å². The van der Waals surface area contributed by atoms with Crippen molar-refractivity contribution in [2.75, 3.05) is 46.3 Å². The van der Waals surface area contributed by atoms with Crippen LogP contribution in [0.3, 0.4) is 0 Å². The molecule has 7 rings (SSSR count). The lowest BCUT2D eigenvalue weighted by atomic mass is 9.75. The molecule has 1 amide bonds. The molecule has 308 valence electrons. The highest BCUT2D eigenvalue weighted by Gasteiger charge is 2.37. The molecule has 3 saturated heterocycles. The number of aryl methyl sites for hydroxylation is 2. The van der Waals surface area contributed by atoms with E-state index in [9.17, 15) is 20.6 Å². The van der Waals surface area contributed by atoms with E-state index >= 15 is 0 Å². The van der Waals surface area contributed by atoms with Crippen LogP contribution in [-0.4, -0.2) is 73.0 Å². The van der Waals surface area contributed by atoms with Gasteiger partial charge in [0.05, 0.1) is 34.5 Å². The Morgan fingerprint density at radius 1 is 0.542 bits per heavy atom. The first-order valence-corrected chi connectivity index (χ1v) is 21.7. The van der Waals surface area contributed by atoms with Gasteiger partial charge in [-0.2, -0.15) is 15.8 Å². The lowest BCUT2D eigenvalue weighted by Gasteiger charge is -2.39. The molecular weight excluding hydrogens is 725 g/mol. The summed E-state index contributed by atoms with van der Waals surface area (Å²) in [5.74, 6) is 0.0743. The van der Waals surface area contributed by atoms with Crippen LogP contribution in [0.4, 0.5) is 0 Å². The highest BCUT2D eigenvalue weighted by atomic mass is 16.2. The molecule has 0 spiro atoms. The van der Waals surface area contributed by atoms with Crippen LogP contribution in [0.15, 0.2) is 121 Å². The van der Waals surface area contributed by atoms with Gasteiger partial charge in [0.1, 0.15) is 0 Å². The van der Waals surface area contributed by atoms with Gasteiger partial charge in [-0.15, -0.1) is 0 Å². The van der Waals surface area contributed by atoms with Crippen molar-refractivity contribution in [2.24, 2.45) is 16.2 Å². The van der Waals surface area contributed by atoms with Gasteiger partial charge in [0, 0.05) is 24.7 Å². The second kappa shape index (κ2) is 22.2. The first-order chi connectivity index (χ1) is 28.6. The Morgan fingerprint density at radius 2 is 0.915 bits per heavy atom. The lowest BCUT2D eigenvalue weighted by molar-refractivity contribution is 0.0639. The minimum Gasteiger partial charge on any atom is -0.339 e. The summed E-state index contributed by atoms with van der Waals surface area (Å²) in [6.07, 6.45) is 10.3. The molecule has 3 aliphatic rings. The third kappa shape index (κ3) is 13.4. The molecule has 4 aromatic carbocycles. The van der Waals surface area contributed by atoms with Gasteiger partial charge >= 0.3 is 0 Å². The maximum atomic E-state index is 12.5. The van der Waals surface area contributed by atoms with E-state index in [-0.39, 0.29) is 22.2 Å². The number of nitrogens with zero attached hydrogens (tertiary/aromatic N) is 6. The van der Waals surface area contributed by atoms with Crippen molar-refractivity contribution in [3.05, 3.63) is 144 Å². The number of amides is 1. The monoisotopic (exact) mass is 789 g/mol. The summed E-state index contributed by atoms with van der Waals surface area (Å²) in [5, 5.41) is 28.7. The van der Waals surface area contributed by atoms with Crippen molar-refractivity contribution in [3.8, 4) is 18.2 Å². The maximum absolute atomic E-state index is 12.5. The molecule has 7 heteroatoms. The number of piperidine rings is 3. The van der Waals surface area contributed by atoms with Crippen molar-refractivity contribution in [1.29, 1.82) is 15.8 Å². The summed E-state index contributed by atoms with van der Waals surface area (Å²) >= 11 is 0. The van der Waals surface area contributed by atoms with E-state index < -0.39 is 0 Å². The average molecular weight is 789 g/mol. The van der Waals surface area contributed by atoms with Crippen LogP contribution >= 0.6 is 0 Å². The smallest absolute Gasteiger partial charge is 0.253 e. The molecule has 3 fully saturated rings. The van der Waals surface area contributed by atoms with Crippen LogP contribution in [-0.2, 0) is 19.3 Å². The van der Waals surface area contributed by atoms with E-state index in [4.69, 9.17) is 0 Å².